The van der Waals surface area contributed by atoms with Crippen molar-refractivity contribution in [1.29, 1.82) is 0 Å². The summed E-state index contributed by atoms with van der Waals surface area (Å²) in [7, 11) is 0. The highest BCUT2D eigenvalue weighted by molar-refractivity contribution is 9.10. The number of halogens is 1. The monoisotopic (exact) mass is 400 g/mol. The minimum absolute atomic E-state index is 0.0830. The first-order chi connectivity index (χ1) is 11.6. The van der Waals surface area contributed by atoms with Crippen molar-refractivity contribution in [3.63, 3.8) is 0 Å². The van der Waals surface area contributed by atoms with Gasteiger partial charge in [-0.15, -0.1) is 0 Å². The van der Waals surface area contributed by atoms with E-state index < -0.39 is 0 Å². The lowest BCUT2D eigenvalue weighted by molar-refractivity contribution is 0.302. The normalized spacial score (nSPS) is 12.6. The maximum atomic E-state index is 4.76. The first-order valence-corrected chi connectivity index (χ1v) is 9.31. The third kappa shape index (κ3) is 4.21. The van der Waals surface area contributed by atoms with Crippen LogP contribution in [0.5, 0.6) is 0 Å². The van der Waals surface area contributed by atoms with Crippen LogP contribution in [0.4, 0.5) is 5.82 Å². The Morgan fingerprint density at radius 2 is 1.76 bits per heavy atom. The Kier molecular flexibility index (Phi) is 4.62. The second kappa shape index (κ2) is 6.45. The maximum absolute atomic E-state index is 4.76. The fourth-order valence-corrected chi connectivity index (χ4v) is 3.81. The van der Waals surface area contributed by atoms with E-state index in [0.29, 0.717) is 5.78 Å². The molecule has 0 aliphatic carbocycles. The Morgan fingerprint density at radius 1 is 1.08 bits per heavy atom. The van der Waals surface area contributed by atoms with Crippen molar-refractivity contribution in [2.24, 2.45) is 5.41 Å². The zero-order chi connectivity index (χ0) is 18.2. The van der Waals surface area contributed by atoms with E-state index >= 15 is 0 Å². The van der Waals surface area contributed by atoms with Gasteiger partial charge in [0.05, 0.1) is 5.69 Å². The smallest absolute Gasteiger partial charge is 0.236 e. The molecule has 3 rings (SSSR count). The number of nitrogens with one attached hydrogen (secondary N) is 1. The lowest BCUT2D eigenvalue weighted by atomic mass is 9.82. The molecule has 0 aliphatic rings. The van der Waals surface area contributed by atoms with Crippen molar-refractivity contribution < 1.29 is 0 Å². The Hall–Kier alpha value is -1.88. The van der Waals surface area contributed by atoms with E-state index in [0.717, 1.165) is 28.0 Å². The molecule has 2 heterocycles. The highest BCUT2D eigenvalue weighted by Crippen LogP contribution is 2.34. The molecule has 2 aromatic heterocycles. The molecule has 1 aromatic carbocycles. The molecule has 0 spiro atoms. The SMILES string of the molecule is CC(C)(C)CC(C)(C)Nc1nc2ncccn2c1-c1ccc(Br)cc1. The fraction of sp³-hybridized carbons (Fsp3) is 0.400. The number of rotatable bonds is 4. The number of aromatic nitrogens is 3. The van der Waals surface area contributed by atoms with Gasteiger partial charge in [0.15, 0.2) is 5.82 Å². The Labute approximate surface area is 157 Å². The minimum atomic E-state index is -0.0830. The first-order valence-electron chi connectivity index (χ1n) is 8.52. The van der Waals surface area contributed by atoms with E-state index in [4.69, 9.17) is 4.98 Å². The van der Waals surface area contributed by atoms with Crippen LogP contribution in [0.15, 0.2) is 47.2 Å². The van der Waals surface area contributed by atoms with E-state index in [1.807, 2.05) is 16.7 Å². The molecular formula is C20H25BrN4. The molecule has 0 aliphatic heterocycles. The van der Waals surface area contributed by atoms with Crippen molar-refractivity contribution >= 4 is 27.5 Å². The summed E-state index contributed by atoms with van der Waals surface area (Å²) < 4.78 is 3.10. The second-order valence-electron chi connectivity index (χ2n) is 8.35. The van der Waals surface area contributed by atoms with Gasteiger partial charge in [-0.2, -0.15) is 4.98 Å². The number of fused-ring (bicyclic) bond motifs is 1. The van der Waals surface area contributed by atoms with Crippen molar-refractivity contribution in [3.05, 3.63) is 47.2 Å². The van der Waals surface area contributed by atoms with E-state index in [9.17, 15) is 0 Å². The lowest BCUT2D eigenvalue weighted by Crippen LogP contribution is -2.35. The molecular weight excluding hydrogens is 376 g/mol. The Bertz CT molecular complexity index is 873. The summed E-state index contributed by atoms with van der Waals surface area (Å²) >= 11 is 3.51. The third-order valence-corrected chi connectivity index (χ3v) is 4.48. The molecule has 0 fully saturated rings. The summed E-state index contributed by atoms with van der Waals surface area (Å²) in [5.41, 5.74) is 2.29. The van der Waals surface area contributed by atoms with Crippen LogP contribution in [-0.4, -0.2) is 19.9 Å². The Balaban J connectivity index is 2.09. The van der Waals surface area contributed by atoms with E-state index in [2.05, 4.69) is 85.1 Å². The van der Waals surface area contributed by atoms with Crippen LogP contribution >= 0.6 is 15.9 Å². The molecule has 0 unspecified atom stereocenters. The van der Waals surface area contributed by atoms with Gasteiger partial charge >= 0.3 is 0 Å². The van der Waals surface area contributed by atoms with Gasteiger partial charge in [0, 0.05) is 28.0 Å². The molecule has 0 radical (unpaired) electrons. The number of hydrogen-bond donors (Lipinski definition) is 1. The van der Waals surface area contributed by atoms with Crippen molar-refractivity contribution in [2.45, 2.75) is 46.6 Å². The lowest BCUT2D eigenvalue weighted by Gasteiger charge is -2.33. The summed E-state index contributed by atoms with van der Waals surface area (Å²) in [4.78, 5) is 9.17. The number of benzene rings is 1. The zero-order valence-electron chi connectivity index (χ0n) is 15.5. The first kappa shape index (κ1) is 17.9. The summed E-state index contributed by atoms with van der Waals surface area (Å²) in [5.74, 6) is 1.57. The average Bonchev–Trinajstić information content (AvgIpc) is 2.82. The standard InChI is InChI=1S/C20H25BrN4/c1-19(2,3)13-20(4,5)24-17-16(14-7-9-15(21)10-8-14)25-12-6-11-22-18(25)23-17/h6-12,24H,13H2,1-5H3. The van der Waals surface area contributed by atoms with Gasteiger partial charge in [0.25, 0.3) is 0 Å². The van der Waals surface area contributed by atoms with Gasteiger partial charge in [0.2, 0.25) is 5.78 Å². The van der Waals surface area contributed by atoms with Crippen LogP contribution in [0.25, 0.3) is 17.0 Å². The summed E-state index contributed by atoms with van der Waals surface area (Å²) in [6.07, 6.45) is 4.81. The van der Waals surface area contributed by atoms with Gasteiger partial charge in [-0.3, -0.25) is 4.40 Å². The molecule has 1 N–H and O–H groups in total. The highest BCUT2D eigenvalue weighted by atomic mass is 79.9. The summed E-state index contributed by atoms with van der Waals surface area (Å²) in [5, 5.41) is 3.66. The molecule has 0 amide bonds. The quantitative estimate of drug-likeness (QED) is 0.602. The molecule has 0 bridgehead atoms. The summed E-state index contributed by atoms with van der Waals surface area (Å²) in [6.45, 7) is 11.2. The molecule has 132 valence electrons. The highest BCUT2D eigenvalue weighted by Gasteiger charge is 2.28. The van der Waals surface area contributed by atoms with E-state index in [-0.39, 0.29) is 11.0 Å². The van der Waals surface area contributed by atoms with Crippen LogP contribution < -0.4 is 5.32 Å². The second-order valence-corrected chi connectivity index (χ2v) is 9.27. The maximum Gasteiger partial charge on any atom is 0.236 e. The molecule has 3 aromatic rings. The minimum Gasteiger partial charge on any atom is -0.363 e. The van der Waals surface area contributed by atoms with Gasteiger partial charge in [-0.05, 0) is 43.9 Å². The van der Waals surface area contributed by atoms with Gasteiger partial charge in [0.1, 0.15) is 0 Å². The largest absolute Gasteiger partial charge is 0.363 e. The summed E-state index contributed by atoms with van der Waals surface area (Å²) in [6, 6.07) is 10.2. The predicted octanol–water partition coefficient (Wildman–Crippen LogP) is 5.79. The number of hydrogen-bond acceptors (Lipinski definition) is 3. The molecule has 5 heteroatoms. The predicted molar refractivity (Wildman–Crippen MR) is 108 cm³/mol. The molecule has 0 atom stereocenters. The molecule has 25 heavy (non-hydrogen) atoms. The molecule has 0 saturated heterocycles. The van der Waals surface area contributed by atoms with Gasteiger partial charge in [-0.25, -0.2) is 4.98 Å². The van der Waals surface area contributed by atoms with Crippen LogP contribution in [0, 0.1) is 5.41 Å². The van der Waals surface area contributed by atoms with Crippen LogP contribution in [0.3, 0.4) is 0 Å². The van der Waals surface area contributed by atoms with Gasteiger partial charge < -0.3 is 5.32 Å². The van der Waals surface area contributed by atoms with Crippen molar-refractivity contribution in [1.82, 2.24) is 14.4 Å². The Morgan fingerprint density at radius 3 is 2.40 bits per heavy atom. The molecule has 4 nitrogen and oxygen atoms in total. The van der Waals surface area contributed by atoms with E-state index in [1.165, 1.54) is 0 Å². The van der Waals surface area contributed by atoms with E-state index in [1.54, 1.807) is 6.20 Å². The fourth-order valence-electron chi connectivity index (χ4n) is 3.55. The molecule has 0 saturated carbocycles. The van der Waals surface area contributed by atoms with Crippen LogP contribution in [0.1, 0.15) is 41.0 Å². The average molecular weight is 401 g/mol. The number of imidazole rings is 1. The van der Waals surface area contributed by atoms with Crippen LogP contribution in [0.2, 0.25) is 0 Å². The number of nitrogens with zero attached hydrogens (tertiary/aromatic N) is 3. The topological polar surface area (TPSA) is 42.2 Å². The third-order valence-electron chi connectivity index (χ3n) is 3.95. The zero-order valence-corrected chi connectivity index (χ0v) is 17.1. The van der Waals surface area contributed by atoms with Crippen molar-refractivity contribution in [3.8, 4) is 11.3 Å². The number of anilines is 1. The van der Waals surface area contributed by atoms with Gasteiger partial charge in [-0.1, -0.05) is 48.8 Å². The van der Waals surface area contributed by atoms with Crippen LogP contribution in [-0.2, 0) is 0 Å². The van der Waals surface area contributed by atoms with Crippen molar-refractivity contribution in [2.75, 3.05) is 5.32 Å².